The van der Waals surface area contributed by atoms with Crippen LogP contribution in [0.5, 0.6) is 0 Å². The molecule has 1 saturated heterocycles. The highest BCUT2D eigenvalue weighted by Crippen LogP contribution is 2.33. The summed E-state index contributed by atoms with van der Waals surface area (Å²) in [6.45, 7) is 3.03. The van der Waals surface area contributed by atoms with Crippen molar-refractivity contribution in [2.75, 3.05) is 23.3 Å². The number of halogens is 7. The first kappa shape index (κ1) is 26.2. The number of alkyl halides is 6. The lowest BCUT2D eigenvalue weighted by atomic mass is 10.0. The zero-order chi connectivity index (χ0) is 26.1. The third kappa shape index (κ3) is 6.17. The first-order valence-corrected chi connectivity index (χ1v) is 10.3. The van der Waals surface area contributed by atoms with E-state index in [9.17, 15) is 40.3 Å². The quantitative estimate of drug-likeness (QED) is 0.562. The number of urea groups is 1. The molecular weight excluding hydrogens is 487 g/mol. The van der Waals surface area contributed by atoms with Gasteiger partial charge in [0.1, 0.15) is 12.2 Å². The molecule has 3 amide bonds. The smallest absolute Gasteiger partial charge is 0.323 e. The maximum Gasteiger partial charge on any atom is 0.433 e. The Labute approximate surface area is 194 Å². The van der Waals surface area contributed by atoms with E-state index in [0.717, 1.165) is 22.1 Å². The summed E-state index contributed by atoms with van der Waals surface area (Å²) < 4.78 is 90.8. The van der Waals surface area contributed by atoms with Crippen molar-refractivity contribution in [2.24, 2.45) is 5.92 Å². The summed E-state index contributed by atoms with van der Waals surface area (Å²) in [6.07, 6.45) is -7.86. The molecule has 3 heterocycles. The van der Waals surface area contributed by atoms with Crippen molar-refractivity contribution in [2.45, 2.75) is 38.7 Å². The summed E-state index contributed by atoms with van der Waals surface area (Å²) in [4.78, 5) is 34.2. The van der Waals surface area contributed by atoms with E-state index in [1.165, 1.54) is 0 Å². The highest BCUT2D eigenvalue weighted by atomic mass is 19.4. The Kier molecular flexibility index (Phi) is 7.22. The number of carbonyl (C=O) groups is 2. The zero-order valence-electron chi connectivity index (χ0n) is 18.4. The Morgan fingerprint density at radius 3 is 2.31 bits per heavy atom. The highest BCUT2D eigenvalue weighted by Gasteiger charge is 2.41. The molecule has 7 nitrogen and oxygen atoms in total. The van der Waals surface area contributed by atoms with E-state index in [0.29, 0.717) is 18.7 Å². The predicted octanol–water partition coefficient (Wildman–Crippen LogP) is 4.95. The Morgan fingerprint density at radius 2 is 1.80 bits per heavy atom. The molecule has 2 aromatic rings. The standard InChI is InChI=1S/C21H20F7N5O2/c1-11(2)5-14-9-33(18-15(22)6-12(7-30-18)20(23,24)25)19(35)32(14)10-17(34)31-13-3-4-16(29-8-13)21(26,27)28/h3-4,6-8,11,14H,5,9-10H2,1-2H3,(H,31,34)/t14-/m0/s1. The normalized spacial score (nSPS) is 16.9. The van der Waals surface area contributed by atoms with Crippen LogP contribution >= 0.6 is 0 Å². The fourth-order valence-electron chi connectivity index (χ4n) is 3.59. The molecule has 0 aromatic carbocycles. The number of amides is 3. The second-order valence-electron chi connectivity index (χ2n) is 8.31. The Hall–Kier alpha value is -3.45. The van der Waals surface area contributed by atoms with Crippen LogP contribution in [0.2, 0.25) is 0 Å². The minimum Gasteiger partial charge on any atom is -0.323 e. The second-order valence-corrected chi connectivity index (χ2v) is 8.31. The Bertz CT molecular complexity index is 1090. The van der Waals surface area contributed by atoms with E-state index in [-0.39, 0.29) is 24.2 Å². The molecule has 0 bridgehead atoms. The number of pyridine rings is 2. The van der Waals surface area contributed by atoms with Gasteiger partial charge >= 0.3 is 18.4 Å². The monoisotopic (exact) mass is 507 g/mol. The minimum absolute atomic E-state index is 0.0395. The van der Waals surface area contributed by atoms with Crippen LogP contribution in [0.1, 0.15) is 31.5 Å². The summed E-state index contributed by atoms with van der Waals surface area (Å²) in [7, 11) is 0. The summed E-state index contributed by atoms with van der Waals surface area (Å²) in [5.41, 5.74) is -2.50. The average molecular weight is 507 g/mol. The number of anilines is 2. The van der Waals surface area contributed by atoms with E-state index in [4.69, 9.17) is 0 Å². The first-order chi connectivity index (χ1) is 16.2. The van der Waals surface area contributed by atoms with Crippen LogP contribution in [0, 0.1) is 11.7 Å². The molecular formula is C21H20F7N5O2. The van der Waals surface area contributed by atoms with Crippen molar-refractivity contribution >= 4 is 23.4 Å². The van der Waals surface area contributed by atoms with Crippen molar-refractivity contribution in [3.63, 3.8) is 0 Å². The highest BCUT2D eigenvalue weighted by molar-refractivity contribution is 5.99. The Morgan fingerprint density at radius 1 is 1.11 bits per heavy atom. The second kappa shape index (κ2) is 9.66. The maximum atomic E-state index is 14.4. The molecule has 1 fully saturated rings. The number of hydrogen-bond acceptors (Lipinski definition) is 4. The third-order valence-electron chi connectivity index (χ3n) is 5.11. The Balaban J connectivity index is 1.77. The van der Waals surface area contributed by atoms with Gasteiger partial charge in [-0.05, 0) is 30.5 Å². The van der Waals surface area contributed by atoms with Crippen molar-refractivity contribution in [1.29, 1.82) is 0 Å². The minimum atomic E-state index is -4.82. The van der Waals surface area contributed by atoms with E-state index in [1.54, 1.807) is 0 Å². The molecule has 3 rings (SSSR count). The van der Waals surface area contributed by atoms with Crippen molar-refractivity contribution < 1.29 is 40.3 Å². The number of hydrogen-bond donors (Lipinski definition) is 1. The lowest BCUT2D eigenvalue weighted by Gasteiger charge is -2.23. The fraction of sp³-hybridized carbons (Fsp3) is 0.429. The van der Waals surface area contributed by atoms with Gasteiger partial charge in [0.15, 0.2) is 11.6 Å². The molecule has 0 unspecified atom stereocenters. The predicted molar refractivity (Wildman–Crippen MR) is 110 cm³/mol. The van der Waals surface area contributed by atoms with Gasteiger partial charge in [-0.25, -0.2) is 19.2 Å². The molecule has 190 valence electrons. The van der Waals surface area contributed by atoms with Crippen molar-refractivity contribution in [3.05, 3.63) is 47.7 Å². The summed E-state index contributed by atoms with van der Waals surface area (Å²) in [5, 5.41) is 2.34. The average Bonchev–Trinajstić information content (AvgIpc) is 3.01. The van der Waals surface area contributed by atoms with Gasteiger partial charge in [0.2, 0.25) is 5.91 Å². The van der Waals surface area contributed by atoms with Gasteiger partial charge in [0.25, 0.3) is 0 Å². The molecule has 1 atom stereocenters. The molecule has 35 heavy (non-hydrogen) atoms. The summed E-state index contributed by atoms with van der Waals surface area (Å²) in [6, 6.07) is 0.475. The van der Waals surface area contributed by atoms with E-state index in [2.05, 4.69) is 15.3 Å². The zero-order valence-corrected chi connectivity index (χ0v) is 18.4. The molecule has 1 N–H and O–H groups in total. The summed E-state index contributed by atoms with van der Waals surface area (Å²) in [5.74, 6) is -2.66. The van der Waals surface area contributed by atoms with Crippen molar-refractivity contribution in [3.8, 4) is 0 Å². The van der Waals surface area contributed by atoms with Crippen molar-refractivity contribution in [1.82, 2.24) is 14.9 Å². The number of nitrogens with zero attached hydrogens (tertiary/aromatic N) is 4. The number of nitrogens with one attached hydrogen (secondary N) is 1. The lowest BCUT2D eigenvalue weighted by Crippen LogP contribution is -2.41. The van der Waals surface area contributed by atoms with Gasteiger partial charge in [-0.1, -0.05) is 13.8 Å². The van der Waals surface area contributed by atoms with Gasteiger partial charge < -0.3 is 10.2 Å². The molecule has 1 aliphatic heterocycles. The number of rotatable bonds is 6. The van der Waals surface area contributed by atoms with Crippen LogP contribution in [0.4, 0.5) is 47.0 Å². The molecule has 14 heteroatoms. The van der Waals surface area contributed by atoms with Crippen LogP contribution in [0.3, 0.4) is 0 Å². The van der Waals surface area contributed by atoms with Crippen LogP contribution in [-0.2, 0) is 17.1 Å². The lowest BCUT2D eigenvalue weighted by molar-refractivity contribution is -0.141. The maximum absolute atomic E-state index is 14.4. The third-order valence-corrected chi connectivity index (χ3v) is 5.11. The van der Waals surface area contributed by atoms with E-state index in [1.807, 2.05) is 13.8 Å². The van der Waals surface area contributed by atoms with Crippen LogP contribution < -0.4 is 10.2 Å². The molecule has 0 aliphatic carbocycles. The molecule has 2 aromatic heterocycles. The molecule has 0 radical (unpaired) electrons. The molecule has 0 saturated carbocycles. The van der Waals surface area contributed by atoms with E-state index >= 15 is 0 Å². The van der Waals surface area contributed by atoms with Gasteiger partial charge in [-0.15, -0.1) is 0 Å². The first-order valence-electron chi connectivity index (χ1n) is 10.3. The molecule has 1 aliphatic rings. The number of aromatic nitrogens is 2. The topological polar surface area (TPSA) is 78.4 Å². The SMILES string of the molecule is CC(C)C[C@H]1CN(c2ncc(C(F)(F)F)cc2F)C(=O)N1CC(=O)Nc1ccc(C(F)(F)F)nc1. The van der Waals surface area contributed by atoms with Gasteiger partial charge in [-0.2, -0.15) is 26.3 Å². The fourth-order valence-corrected chi connectivity index (χ4v) is 3.59. The molecule has 0 spiro atoms. The van der Waals surface area contributed by atoms with E-state index < -0.39 is 59.8 Å². The summed E-state index contributed by atoms with van der Waals surface area (Å²) >= 11 is 0. The van der Waals surface area contributed by atoms with Crippen LogP contribution in [0.25, 0.3) is 0 Å². The van der Waals surface area contributed by atoms with Gasteiger partial charge in [-0.3, -0.25) is 9.69 Å². The van der Waals surface area contributed by atoms with Crippen LogP contribution in [0.15, 0.2) is 30.6 Å². The van der Waals surface area contributed by atoms with Crippen LogP contribution in [-0.4, -0.2) is 45.9 Å². The largest absolute Gasteiger partial charge is 0.433 e. The van der Waals surface area contributed by atoms with Gasteiger partial charge in [0, 0.05) is 12.7 Å². The number of carbonyl (C=O) groups excluding carboxylic acids is 2. The van der Waals surface area contributed by atoms with Gasteiger partial charge in [0.05, 0.1) is 23.5 Å².